The summed E-state index contributed by atoms with van der Waals surface area (Å²) in [6.07, 6.45) is 0. The number of rotatable bonds is 1. The Morgan fingerprint density at radius 2 is 1.71 bits per heavy atom. The Bertz CT molecular complexity index is 80.2. The standard InChI is InChI=1S/C6H10S/c1-4-5(2)6(4)3-7/h3-6H,1-2H3. The highest BCUT2D eigenvalue weighted by atomic mass is 32.1. The van der Waals surface area contributed by atoms with Crippen molar-refractivity contribution in [3.8, 4) is 0 Å². The van der Waals surface area contributed by atoms with Gasteiger partial charge in [-0.25, -0.2) is 0 Å². The minimum absolute atomic E-state index is 0.759. The van der Waals surface area contributed by atoms with E-state index < -0.39 is 0 Å². The second-order valence-corrected chi connectivity index (χ2v) is 2.70. The van der Waals surface area contributed by atoms with E-state index in [9.17, 15) is 0 Å². The molecule has 0 spiro atoms. The van der Waals surface area contributed by atoms with Crippen molar-refractivity contribution in [2.45, 2.75) is 13.8 Å². The van der Waals surface area contributed by atoms with Gasteiger partial charge >= 0.3 is 0 Å². The molecular weight excluding hydrogens is 104 g/mol. The fourth-order valence-corrected chi connectivity index (χ4v) is 1.44. The predicted octanol–water partition coefficient (Wildman–Crippen LogP) is 1.89. The zero-order valence-electron chi connectivity index (χ0n) is 4.72. The Balaban J connectivity index is 2.37. The quantitative estimate of drug-likeness (QED) is 0.469. The summed E-state index contributed by atoms with van der Waals surface area (Å²) in [6, 6.07) is 0. The highest BCUT2D eigenvalue weighted by Gasteiger charge is 2.40. The molecule has 0 heterocycles. The summed E-state index contributed by atoms with van der Waals surface area (Å²) in [4.78, 5) is 0. The van der Waals surface area contributed by atoms with E-state index in [1.165, 1.54) is 0 Å². The van der Waals surface area contributed by atoms with Crippen LogP contribution in [-0.4, -0.2) is 5.37 Å². The number of thiocarbonyl (C=S) groups is 1. The Kier molecular flexibility index (Phi) is 1.16. The third-order valence-corrected chi connectivity index (χ3v) is 2.37. The maximum atomic E-state index is 4.77. The molecule has 0 radical (unpaired) electrons. The van der Waals surface area contributed by atoms with Crippen LogP contribution in [0.15, 0.2) is 0 Å². The lowest BCUT2D eigenvalue weighted by molar-refractivity contribution is 0.834. The molecule has 2 unspecified atom stereocenters. The summed E-state index contributed by atoms with van der Waals surface area (Å²) >= 11 is 4.77. The maximum Gasteiger partial charge on any atom is -0.00716 e. The van der Waals surface area contributed by atoms with E-state index in [4.69, 9.17) is 12.2 Å². The Morgan fingerprint density at radius 3 is 1.71 bits per heavy atom. The van der Waals surface area contributed by atoms with Crippen LogP contribution in [-0.2, 0) is 0 Å². The van der Waals surface area contributed by atoms with Gasteiger partial charge in [0.05, 0.1) is 0 Å². The lowest BCUT2D eigenvalue weighted by Gasteiger charge is -1.70. The van der Waals surface area contributed by atoms with Crippen LogP contribution in [0.5, 0.6) is 0 Å². The first-order valence-electron chi connectivity index (χ1n) is 2.72. The summed E-state index contributed by atoms with van der Waals surface area (Å²) in [6.45, 7) is 4.50. The normalized spacial score (nSPS) is 48.6. The summed E-state index contributed by atoms with van der Waals surface area (Å²) < 4.78 is 0. The molecule has 1 heteroatoms. The van der Waals surface area contributed by atoms with Gasteiger partial charge in [-0.15, -0.1) is 0 Å². The molecule has 0 aromatic carbocycles. The number of hydrogen-bond donors (Lipinski definition) is 0. The first-order valence-corrected chi connectivity index (χ1v) is 3.20. The van der Waals surface area contributed by atoms with Gasteiger partial charge in [0.2, 0.25) is 0 Å². The van der Waals surface area contributed by atoms with Crippen LogP contribution in [0.25, 0.3) is 0 Å². The molecule has 0 saturated heterocycles. The predicted molar refractivity (Wildman–Crippen MR) is 35.5 cm³/mol. The average Bonchev–Trinajstić information content (AvgIpc) is 2.17. The zero-order valence-corrected chi connectivity index (χ0v) is 5.53. The zero-order chi connectivity index (χ0) is 5.44. The summed E-state index contributed by atoms with van der Waals surface area (Å²) in [7, 11) is 0. The Morgan fingerprint density at radius 1 is 1.29 bits per heavy atom. The van der Waals surface area contributed by atoms with Gasteiger partial charge in [-0.3, -0.25) is 0 Å². The van der Waals surface area contributed by atoms with Gasteiger partial charge in [-0.2, -0.15) is 0 Å². The molecule has 0 N–H and O–H groups in total. The van der Waals surface area contributed by atoms with Crippen molar-refractivity contribution in [1.29, 1.82) is 0 Å². The van der Waals surface area contributed by atoms with Crippen LogP contribution >= 0.6 is 12.2 Å². The van der Waals surface area contributed by atoms with E-state index >= 15 is 0 Å². The molecule has 0 aliphatic heterocycles. The van der Waals surface area contributed by atoms with Crippen molar-refractivity contribution in [2.24, 2.45) is 17.8 Å². The molecule has 0 nitrogen and oxygen atoms in total. The molecule has 7 heavy (non-hydrogen) atoms. The molecule has 0 bridgehead atoms. The minimum Gasteiger partial charge on any atom is -0.0932 e. The minimum atomic E-state index is 0.759. The van der Waals surface area contributed by atoms with E-state index in [0.717, 1.165) is 17.8 Å². The van der Waals surface area contributed by atoms with Crippen LogP contribution in [0.4, 0.5) is 0 Å². The van der Waals surface area contributed by atoms with E-state index in [1.807, 2.05) is 5.37 Å². The van der Waals surface area contributed by atoms with Gasteiger partial charge in [0.15, 0.2) is 0 Å². The Hall–Kier alpha value is 0.0900. The van der Waals surface area contributed by atoms with Crippen molar-refractivity contribution in [3.63, 3.8) is 0 Å². The maximum absolute atomic E-state index is 4.77. The first kappa shape index (κ1) is 5.23. The molecule has 1 aliphatic carbocycles. The highest BCUT2D eigenvalue weighted by molar-refractivity contribution is 7.79. The summed E-state index contributed by atoms with van der Waals surface area (Å²) in [5, 5.41) is 1.90. The fraction of sp³-hybridized carbons (Fsp3) is 0.833. The molecule has 2 atom stereocenters. The highest BCUT2D eigenvalue weighted by Crippen LogP contribution is 2.43. The second kappa shape index (κ2) is 1.55. The van der Waals surface area contributed by atoms with E-state index in [0.29, 0.717) is 0 Å². The number of hydrogen-bond acceptors (Lipinski definition) is 1. The van der Waals surface area contributed by atoms with Crippen LogP contribution in [0.2, 0.25) is 0 Å². The molecule has 0 amide bonds. The van der Waals surface area contributed by atoms with Crippen molar-refractivity contribution >= 4 is 17.6 Å². The lowest BCUT2D eigenvalue weighted by atomic mass is 10.4. The topological polar surface area (TPSA) is 0 Å². The fourth-order valence-electron chi connectivity index (χ4n) is 0.949. The molecule has 1 saturated carbocycles. The molecule has 1 aliphatic rings. The Labute approximate surface area is 49.9 Å². The molecule has 0 aromatic rings. The van der Waals surface area contributed by atoms with Crippen molar-refractivity contribution < 1.29 is 0 Å². The van der Waals surface area contributed by atoms with Gasteiger partial charge in [0.25, 0.3) is 0 Å². The largest absolute Gasteiger partial charge is 0.0932 e. The van der Waals surface area contributed by atoms with Gasteiger partial charge in [0.1, 0.15) is 0 Å². The van der Waals surface area contributed by atoms with Gasteiger partial charge in [-0.05, 0) is 23.1 Å². The van der Waals surface area contributed by atoms with Gasteiger partial charge in [0, 0.05) is 0 Å². The molecule has 40 valence electrons. The van der Waals surface area contributed by atoms with E-state index in [-0.39, 0.29) is 0 Å². The van der Waals surface area contributed by atoms with E-state index in [1.54, 1.807) is 0 Å². The van der Waals surface area contributed by atoms with Crippen LogP contribution in [0, 0.1) is 17.8 Å². The molecule has 1 rings (SSSR count). The SMILES string of the molecule is CC1C(C)C1C=S. The average molecular weight is 114 g/mol. The van der Waals surface area contributed by atoms with E-state index in [2.05, 4.69) is 13.8 Å². The monoisotopic (exact) mass is 114 g/mol. The van der Waals surface area contributed by atoms with Crippen LogP contribution in [0.1, 0.15) is 13.8 Å². The lowest BCUT2D eigenvalue weighted by Crippen LogP contribution is -1.72. The van der Waals surface area contributed by atoms with Crippen LogP contribution < -0.4 is 0 Å². The molecule has 0 aromatic heterocycles. The van der Waals surface area contributed by atoms with Crippen LogP contribution in [0.3, 0.4) is 0 Å². The first-order chi connectivity index (χ1) is 3.27. The molecular formula is C6H10S. The van der Waals surface area contributed by atoms with Crippen molar-refractivity contribution in [1.82, 2.24) is 0 Å². The molecule has 1 fully saturated rings. The second-order valence-electron chi connectivity index (χ2n) is 2.43. The van der Waals surface area contributed by atoms with Crippen molar-refractivity contribution in [3.05, 3.63) is 0 Å². The summed E-state index contributed by atoms with van der Waals surface area (Å²) in [5.41, 5.74) is 0. The van der Waals surface area contributed by atoms with Gasteiger partial charge in [-0.1, -0.05) is 26.1 Å². The third kappa shape index (κ3) is 0.697. The summed E-state index contributed by atoms with van der Waals surface area (Å²) in [5.74, 6) is 2.50. The van der Waals surface area contributed by atoms with Gasteiger partial charge < -0.3 is 0 Å². The smallest absolute Gasteiger partial charge is 0.00716 e. The van der Waals surface area contributed by atoms with Crippen molar-refractivity contribution in [2.75, 3.05) is 0 Å². The third-order valence-electron chi connectivity index (χ3n) is 2.06.